The molecule has 17 heavy (non-hydrogen) atoms. The first kappa shape index (κ1) is 12.7. The second kappa shape index (κ2) is 4.84. The molecule has 0 bridgehead atoms. The van der Waals surface area contributed by atoms with Crippen molar-refractivity contribution < 1.29 is 14.6 Å². The zero-order chi connectivity index (χ0) is 12.5. The molecule has 3 nitrogen and oxygen atoms in total. The standard InChI is InChI=1S/C13H17ClO3/c1-16-11-8-9(4-5-10(11)14)12(15)13(17-2)6-3-7-13/h4-5,8,12,15H,3,6-7H2,1-2H3. The molecule has 1 fully saturated rings. The molecule has 1 unspecified atom stereocenters. The molecule has 0 aliphatic heterocycles. The maximum absolute atomic E-state index is 10.4. The average molecular weight is 257 g/mol. The lowest BCUT2D eigenvalue weighted by molar-refractivity contribution is -0.151. The average Bonchev–Trinajstić information content (AvgIpc) is 2.29. The summed E-state index contributed by atoms with van der Waals surface area (Å²) in [7, 11) is 3.21. The minimum absolute atomic E-state index is 0.432. The highest BCUT2D eigenvalue weighted by Crippen LogP contribution is 2.45. The van der Waals surface area contributed by atoms with Crippen LogP contribution in [0.1, 0.15) is 30.9 Å². The molecule has 0 spiro atoms. The summed E-state index contributed by atoms with van der Waals surface area (Å²) in [6.07, 6.45) is 2.23. The Hall–Kier alpha value is -0.770. The summed E-state index contributed by atoms with van der Waals surface area (Å²) in [5.74, 6) is 0.578. The molecule has 1 atom stereocenters. The number of aliphatic hydroxyl groups excluding tert-OH is 1. The maximum Gasteiger partial charge on any atom is 0.137 e. The van der Waals surface area contributed by atoms with Gasteiger partial charge in [0.25, 0.3) is 0 Å². The smallest absolute Gasteiger partial charge is 0.137 e. The highest BCUT2D eigenvalue weighted by atomic mass is 35.5. The number of aliphatic hydroxyl groups is 1. The second-order valence-corrected chi connectivity index (χ2v) is 4.83. The Kier molecular flexibility index (Phi) is 3.61. The molecule has 1 aromatic rings. The summed E-state index contributed by atoms with van der Waals surface area (Å²) in [5, 5.41) is 10.9. The zero-order valence-electron chi connectivity index (χ0n) is 10.1. The monoisotopic (exact) mass is 256 g/mol. The van der Waals surface area contributed by atoms with Crippen LogP contribution in [0.5, 0.6) is 5.75 Å². The van der Waals surface area contributed by atoms with E-state index in [4.69, 9.17) is 21.1 Å². The van der Waals surface area contributed by atoms with Crippen LogP contribution in [-0.2, 0) is 4.74 Å². The molecule has 4 heteroatoms. The summed E-state index contributed by atoms with van der Waals surface area (Å²) >= 11 is 5.96. The van der Waals surface area contributed by atoms with Gasteiger partial charge < -0.3 is 14.6 Å². The molecule has 1 N–H and O–H groups in total. The minimum Gasteiger partial charge on any atom is -0.495 e. The van der Waals surface area contributed by atoms with Crippen LogP contribution in [0.3, 0.4) is 0 Å². The fourth-order valence-corrected chi connectivity index (χ4v) is 2.46. The van der Waals surface area contributed by atoms with Gasteiger partial charge in [-0.15, -0.1) is 0 Å². The number of halogens is 1. The van der Waals surface area contributed by atoms with Crippen LogP contribution in [0.15, 0.2) is 18.2 Å². The molecule has 94 valence electrons. The third-order valence-corrected chi connectivity index (χ3v) is 3.91. The highest BCUT2D eigenvalue weighted by molar-refractivity contribution is 6.32. The van der Waals surface area contributed by atoms with Gasteiger partial charge in [-0.25, -0.2) is 0 Å². The molecule has 1 aliphatic rings. The Morgan fingerprint density at radius 2 is 2.06 bits per heavy atom. The van der Waals surface area contributed by atoms with E-state index in [9.17, 15) is 5.11 Å². The van der Waals surface area contributed by atoms with Crippen molar-refractivity contribution in [1.29, 1.82) is 0 Å². The Morgan fingerprint density at radius 1 is 1.35 bits per heavy atom. The van der Waals surface area contributed by atoms with E-state index in [1.54, 1.807) is 26.4 Å². The van der Waals surface area contributed by atoms with Gasteiger partial charge in [0.15, 0.2) is 0 Å². The van der Waals surface area contributed by atoms with Gasteiger partial charge in [-0.05, 0) is 37.0 Å². The molecule has 1 aliphatic carbocycles. The molecular formula is C13H17ClO3. The topological polar surface area (TPSA) is 38.7 Å². The van der Waals surface area contributed by atoms with Crippen LogP contribution in [0.25, 0.3) is 0 Å². The van der Waals surface area contributed by atoms with E-state index in [0.29, 0.717) is 10.8 Å². The fourth-order valence-electron chi connectivity index (χ4n) is 2.26. The molecule has 1 saturated carbocycles. The van der Waals surface area contributed by atoms with Gasteiger partial charge in [-0.2, -0.15) is 0 Å². The van der Waals surface area contributed by atoms with Crippen LogP contribution in [-0.4, -0.2) is 24.9 Å². The predicted octanol–water partition coefficient (Wildman–Crippen LogP) is 2.95. The van der Waals surface area contributed by atoms with Crippen LogP contribution in [0, 0.1) is 0 Å². The molecule has 0 heterocycles. The van der Waals surface area contributed by atoms with Gasteiger partial charge in [0.1, 0.15) is 11.9 Å². The Bertz CT molecular complexity index is 396. The summed E-state index contributed by atoms with van der Waals surface area (Å²) in [4.78, 5) is 0. The van der Waals surface area contributed by atoms with Crippen molar-refractivity contribution in [2.75, 3.05) is 14.2 Å². The van der Waals surface area contributed by atoms with Crippen molar-refractivity contribution in [2.45, 2.75) is 31.0 Å². The van der Waals surface area contributed by atoms with Crippen LogP contribution < -0.4 is 4.74 Å². The number of methoxy groups -OCH3 is 2. The Balaban J connectivity index is 2.27. The van der Waals surface area contributed by atoms with Crippen LogP contribution >= 0.6 is 11.6 Å². The normalized spacial score (nSPS) is 19.5. The number of rotatable bonds is 4. The number of hydrogen-bond acceptors (Lipinski definition) is 3. The largest absolute Gasteiger partial charge is 0.495 e. The van der Waals surface area contributed by atoms with Gasteiger partial charge in [0.2, 0.25) is 0 Å². The van der Waals surface area contributed by atoms with Crippen molar-refractivity contribution in [2.24, 2.45) is 0 Å². The number of ether oxygens (including phenoxy) is 2. The van der Waals surface area contributed by atoms with E-state index in [1.807, 2.05) is 6.07 Å². The summed E-state index contributed by atoms with van der Waals surface area (Å²) in [5.41, 5.74) is 0.353. The van der Waals surface area contributed by atoms with Gasteiger partial charge in [-0.1, -0.05) is 17.7 Å². The van der Waals surface area contributed by atoms with E-state index in [-0.39, 0.29) is 0 Å². The van der Waals surface area contributed by atoms with Crippen molar-refractivity contribution in [3.63, 3.8) is 0 Å². The van der Waals surface area contributed by atoms with Crippen molar-refractivity contribution >= 4 is 11.6 Å². The van der Waals surface area contributed by atoms with E-state index in [1.165, 1.54) is 0 Å². The van der Waals surface area contributed by atoms with E-state index >= 15 is 0 Å². The van der Waals surface area contributed by atoms with Gasteiger partial charge in [0.05, 0.1) is 17.7 Å². The lowest BCUT2D eigenvalue weighted by Gasteiger charge is -2.44. The predicted molar refractivity (Wildman–Crippen MR) is 66.6 cm³/mol. The quantitative estimate of drug-likeness (QED) is 0.900. The molecule has 0 radical (unpaired) electrons. The lowest BCUT2D eigenvalue weighted by Crippen LogP contribution is -2.45. The Labute approximate surface area is 106 Å². The first-order valence-corrected chi connectivity index (χ1v) is 6.07. The second-order valence-electron chi connectivity index (χ2n) is 4.42. The molecule has 0 amide bonds. The first-order chi connectivity index (χ1) is 8.13. The minimum atomic E-state index is -0.632. The van der Waals surface area contributed by atoms with E-state index in [2.05, 4.69) is 0 Å². The fraction of sp³-hybridized carbons (Fsp3) is 0.538. The van der Waals surface area contributed by atoms with Crippen molar-refractivity contribution in [3.05, 3.63) is 28.8 Å². The third-order valence-electron chi connectivity index (χ3n) is 3.60. The van der Waals surface area contributed by atoms with Crippen molar-refractivity contribution in [3.8, 4) is 5.75 Å². The SMILES string of the molecule is COc1cc(C(O)C2(OC)CCC2)ccc1Cl. The molecular weight excluding hydrogens is 240 g/mol. The Morgan fingerprint density at radius 3 is 2.53 bits per heavy atom. The molecule has 0 aromatic heterocycles. The maximum atomic E-state index is 10.4. The van der Waals surface area contributed by atoms with Crippen molar-refractivity contribution in [1.82, 2.24) is 0 Å². The molecule has 1 aromatic carbocycles. The van der Waals surface area contributed by atoms with Crippen LogP contribution in [0.2, 0.25) is 5.02 Å². The molecule has 2 rings (SSSR count). The first-order valence-electron chi connectivity index (χ1n) is 5.69. The number of benzene rings is 1. The lowest BCUT2D eigenvalue weighted by atomic mass is 9.73. The van der Waals surface area contributed by atoms with Gasteiger partial charge in [0, 0.05) is 7.11 Å². The summed E-state index contributed by atoms with van der Waals surface area (Å²) in [6, 6.07) is 5.32. The zero-order valence-corrected chi connectivity index (χ0v) is 10.8. The van der Waals surface area contributed by atoms with Gasteiger partial charge >= 0.3 is 0 Å². The van der Waals surface area contributed by atoms with Gasteiger partial charge in [-0.3, -0.25) is 0 Å². The highest BCUT2D eigenvalue weighted by Gasteiger charge is 2.44. The van der Waals surface area contributed by atoms with Crippen LogP contribution in [0.4, 0.5) is 0 Å². The summed E-state index contributed by atoms with van der Waals surface area (Å²) in [6.45, 7) is 0. The summed E-state index contributed by atoms with van der Waals surface area (Å²) < 4.78 is 10.6. The third kappa shape index (κ3) is 2.15. The number of hydrogen-bond donors (Lipinski definition) is 1. The van der Waals surface area contributed by atoms with E-state index in [0.717, 1.165) is 24.8 Å². The molecule has 0 saturated heterocycles. The van der Waals surface area contributed by atoms with E-state index < -0.39 is 11.7 Å².